The highest BCUT2D eigenvalue weighted by Crippen LogP contribution is 2.24. The fourth-order valence-corrected chi connectivity index (χ4v) is 2.11. The van der Waals surface area contributed by atoms with Crippen LogP contribution in [0.5, 0.6) is 0 Å². The average Bonchev–Trinajstić information content (AvgIpc) is 2.46. The zero-order valence-corrected chi connectivity index (χ0v) is 9.36. The second-order valence-corrected chi connectivity index (χ2v) is 4.65. The van der Waals surface area contributed by atoms with Gasteiger partial charge in [0.2, 0.25) is 0 Å². The summed E-state index contributed by atoms with van der Waals surface area (Å²) >= 11 is 0. The molecular weight excluding hydrogens is 178 g/mol. The Morgan fingerprint density at radius 1 is 1.57 bits per heavy atom. The Bertz CT molecular complexity index is 205. The van der Waals surface area contributed by atoms with Crippen LogP contribution in [0.15, 0.2) is 0 Å². The second kappa shape index (κ2) is 4.78. The lowest BCUT2D eigenvalue weighted by molar-refractivity contribution is -0.142. The normalized spacial score (nSPS) is 30.5. The van der Waals surface area contributed by atoms with Crippen LogP contribution in [0.4, 0.5) is 0 Å². The van der Waals surface area contributed by atoms with Crippen molar-refractivity contribution in [3.8, 4) is 0 Å². The average molecular weight is 199 g/mol. The largest absolute Gasteiger partial charge is 0.481 e. The van der Waals surface area contributed by atoms with Crippen molar-refractivity contribution < 1.29 is 9.90 Å². The van der Waals surface area contributed by atoms with Gasteiger partial charge in [-0.3, -0.25) is 4.79 Å². The maximum Gasteiger partial charge on any atom is 0.308 e. The van der Waals surface area contributed by atoms with Crippen LogP contribution in [0.25, 0.3) is 0 Å². The van der Waals surface area contributed by atoms with E-state index in [0.717, 1.165) is 19.6 Å². The van der Waals surface area contributed by atoms with Gasteiger partial charge < -0.3 is 10.0 Å². The summed E-state index contributed by atoms with van der Waals surface area (Å²) in [5.41, 5.74) is 0. The van der Waals surface area contributed by atoms with E-state index in [-0.39, 0.29) is 5.92 Å². The zero-order valence-electron chi connectivity index (χ0n) is 9.36. The van der Waals surface area contributed by atoms with E-state index < -0.39 is 5.97 Å². The van der Waals surface area contributed by atoms with Gasteiger partial charge in [-0.2, -0.15) is 0 Å². The summed E-state index contributed by atoms with van der Waals surface area (Å²) in [6.07, 6.45) is 1.17. The Balaban J connectivity index is 2.42. The molecule has 1 unspecified atom stereocenters. The van der Waals surface area contributed by atoms with Crippen molar-refractivity contribution in [2.75, 3.05) is 19.6 Å². The van der Waals surface area contributed by atoms with Crippen molar-refractivity contribution in [3.05, 3.63) is 0 Å². The lowest BCUT2D eigenvalue weighted by atomic mass is 9.99. The number of likely N-dealkylation sites (tertiary alicyclic amines) is 1. The van der Waals surface area contributed by atoms with Crippen LogP contribution in [-0.4, -0.2) is 35.6 Å². The highest BCUT2D eigenvalue weighted by Gasteiger charge is 2.34. The maximum absolute atomic E-state index is 10.9. The molecule has 3 heteroatoms. The molecule has 3 nitrogen and oxygen atoms in total. The molecule has 0 saturated carbocycles. The number of hydrogen-bond acceptors (Lipinski definition) is 2. The fourth-order valence-electron chi connectivity index (χ4n) is 2.11. The molecular formula is C11H21NO2. The summed E-state index contributed by atoms with van der Waals surface area (Å²) < 4.78 is 0. The van der Waals surface area contributed by atoms with Crippen molar-refractivity contribution >= 4 is 5.97 Å². The lowest BCUT2D eigenvalue weighted by Gasteiger charge is -2.19. The molecule has 0 aliphatic carbocycles. The first-order chi connectivity index (χ1) is 6.54. The second-order valence-electron chi connectivity index (χ2n) is 4.65. The van der Waals surface area contributed by atoms with Gasteiger partial charge in [0.25, 0.3) is 0 Å². The highest BCUT2D eigenvalue weighted by molar-refractivity contribution is 5.71. The van der Waals surface area contributed by atoms with Crippen LogP contribution in [0.2, 0.25) is 0 Å². The molecule has 1 aliphatic heterocycles. The molecule has 1 rings (SSSR count). The monoisotopic (exact) mass is 199 g/mol. The quantitative estimate of drug-likeness (QED) is 0.749. The maximum atomic E-state index is 10.9. The molecule has 1 fully saturated rings. The predicted octanol–water partition coefficient (Wildman–Crippen LogP) is 1.69. The van der Waals surface area contributed by atoms with Crippen LogP contribution < -0.4 is 0 Å². The summed E-state index contributed by atoms with van der Waals surface area (Å²) in [4.78, 5) is 13.2. The first-order valence-corrected chi connectivity index (χ1v) is 5.49. The fraction of sp³-hybridized carbons (Fsp3) is 0.909. The Morgan fingerprint density at radius 2 is 2.21 bits per heavy atom. The molecule has 3 atom stereocenters. The first-order valence-electron chi connectivity index (χ1n) is 5.49. The van der Waals surface area contributed by atoms with Gasteiger partial charge in [-0.05, 0) is 11.8 Å². The third-order valence-electron chi connectivity index (χ3n) is 3.27. The Labute approximate surface area is 86.1 Å². The topological polar surface area (TPSA) is 40.5 Å². The van der Waals surface area contributed by atoms with Crippen molar-refractivity contribution in [1.29, 1.82) is 0 Å². The number of hydrogen-bond donors (Lipinski definition) is 1. The molecule has 0 aromatic rings. The van der Waals surface area contributed by atoms with Gasteiger partial charge in [0.15, 0.2) is 0 Å². The molecule has 0 aromatic heterocycles. The molecule has 0 spiro atoms. The van der Waals surface area contributed by atoms with Gasteiger partial charge in [-0.15, -0.1) is 0 Å². The summed E-state index contributed by atoms with van der Waals surface area (Å²) in [6.45, 7) is 9.17. The van der Waals surface area contributed by atoms with Gasteiger partial charge in [0.05, 0.1) is 5.92 Å². The minimum absolute atomic E-state index is 0.154. The number of nitrogens with zero attached hydrogens (tertiary/aromatic N) is 1. The smallest absolute Gasteiger partial charge is 0.308 e. The summed E-state index contributed by atoms with van der Waals surface area (Å²) in [5, 5.41) is 8.97. The number of carboxylic acid groups (broad SMARTS) is 1. The predicted molar refractivity (Wildman–Crippen MR) is 56.2 cm³/mol. The Morgan fingerprint density at radius 3 is 2.64 bits per heavy atom. The van der Waals surface area contributed by atoms with E-state index in [9.17, 15) is 4.79 Å². The third kappa shape index (κ3) is 2.71. The number of carbonyl (C=O) groups is 1. The van der Waals surface area contributed by atoms with Crippen molar-refractivity contribution in [1.82, 2.24) is 4.90 Å². The van der Waals surface area contributed by atoms with E-state index in [1.165, 1.54) is 6.42 Å². The van der Waals surface area contributed by atoms with Gasteiger partial charge in [0, 0.05) is 19.6 Å². The lowest BCUT2D eigenvalue weighted by Crippen LogP contribution is -2.27. The molecule has 1 saturated heterocycles. The van der Waals surface area contributed by atoms with Crippen LogP contribution in [0, 0.1) is 17.8 Å². The van der Waals surface area contributed by atoms with Crippen LogP contribution >= 0.6 is 0 Å². The van der Waals surface area contributed by atoms with E-state index in [2.05, 4.69) is 18.7 Å². The van der Waals surface area contributed by atoms with E-state index in [0.29, 0.717) is 11.8 Å². The molecule has 0 bridgehead atoms. The highest BCUT2D eigenvalue weighted by atomic mass is 16.4. The van der Waals surface area contributed by atoms with E-state index in [1.807, 2.05) is 6.92 Å². The molecule has 0 aromatic carbocycles. The first kappa shape index (κ1) is 11.5. The number of aliphatic carboxylic acids is 1. The van der Waals surface area contributed by atoms with Crippen molar-refractivity contribution in [2.24, 2.45) is 17.8 Å². The number of rotatable bonds is 4. The van der Waals surface area contributed by atoms with Crippen molar-refractivity contribution in [2.45, 2.75) is 27.2 Å². The van der Waals surface area contributed by atoms with Gasteiger partial charge in [0.1, 0.15) is 0 Å². The molecule has 82 valence electrons. The molecule has 1 aliphatic rings. The van der Waals surface area contributed by atoms with Crippen LogP contribution in [0.1, 0.15) is 27.2 Å². The van der Waals surface area contributed by atoms with Gasteiger partial charge in [-0.25, -0.2) is 0 Å². The summed E-state index contributed by atoms with van der Waals surface area (Å²) in [6, 6.07) is 0. The minimum Gasteiger partial charge on any atom is -0.481 e. The summed E-state index contributed by atoms with van der Waals surface area (Å²) in [5.74, 6) is 0.189. The molecule has 0 amide bonds. The van der Waals surface area contributed by atoms with Gasteiger partial charge in [-0.1, -0.05) is 27.2 Å². The third-order valence-corrected chi connectivity index (χ3v) is 3.27. The molecule has 0 radical (unpaired) electrons. The minimum atomic E-state index is -0.635. The Kier molecular flexibility index (Phi) is 3.93. The standard InChI is InChI=1S/C11H21NO2/c1-4-8(2)5-12-6-9(3)10(7-12)11(13)14/h8-10H,4-7H2,1-3H3,(H,13,14)/t8?,9-,10-/m1/s1. The molecule has 1 N–H and O–H groups in total. The van der Waals surface area contributed by atoms with E-state index in [1.54, 1.807) is 0 Å². The Hall–Kier alpha value is -0.570. The number of carboxylic acids is 1. The van der Waals surface area contributed by atoms with E-state index >= 15 is 0 Å². The van der Waals surface area contributed by atoms with E-state index in [4.69, 9.17) is 5.11 Å². The molecule has 14 heavy (non-hydrogen) atoms. The molecule has 1 heterocycles. The zero-order chi connectivity index (χ0) is 10.7. The SMILES string of the molecule is CCC(C)CN1C[C@@H](C)[C@H](C(=O)O)C1. The summed E-state index contributed by atoms with van der Waals surface area (Å²) in [7, 11) is 0. The van der Waals surface area contributed by atoms with Crippen LogP contribution in [0.3, 0.4) is 0 Å². The van der Waals surface area contributed by atoms with Gasteiger partial charge >= 0.3 is 5.97 Å². The van der Waals surface area contributed by atoms with Crippen LogP contribution in [-0.2, 0) is 4.79 Å². The van der Waals surface area contributed by atoms with Crippen molar-refractivity contribution in [3.63, 3.8) is 0 Å².